The van der Waals surface area contributed by atoms with Crippen LogP contribution in [0.5, 0.6) is 0 Å². The summed E-state index contributed by atoms with van der Waals surface area (Å²) in [5, 5.41) is 2.99. The molecule has 2 heterocycles. The Labute approximate surface area is 164 Å². The van der Waals surface area contributed by atoms with Crippen LogP contribution in [0.15, 0.2) is 18.2 Å². The molecule has 0 atom stereocenters. The Bertz CT molecular complexity index is 625. The molecule has 27 heavy (non-hydrogen) atoms. The number of nitrogens with zero attached hydrogens (tertiary/aromatic N) is 1. The first kappa shape index (κ1) is 19.0. The standard InChI is InChI=1S/C24H36N2O/c27-24-10-8-22-18-20(7-9-23(22)25-24)11-14-26-15-12-21(13-16-26)17-19-5-3-1-2-4-6-19/h7,9,18-19,21H,1-6,8,10-17H2,(H,25,27). The quantitative estimate of drug-likeness (QED) is 0.726. The van der Waals surface area contributed by atoms with Crippen molar-refractivity contribution in [2.45, 2.75) is 77.0 Å². The molecule has 0 unspecified atom stereocenters. The van der Waals surface area contributed by atoms with E-state index in [1.54, 1.807) is 0 Å². The van der Waals surface area contributed by atoms with Crippen LogP contribution < -0.4 is 5.32 Å². The minimum Gasteiger partial charge on any atom is -0.326 e. The maximum atomic E-state index is 11.5. The lowest BCUT2D eigenvalue weighted by molar-refractivity contribution is -0.116. The molecule has 2 fully saturated rings. The molecular weight excluding hydrogens is 332 g/mol. The zero-order chi connectivity index (χ0) is 18.5. The third kappa shape index (κ3) is 5.34. The molecule has 0 aromatic heterocycles. The normalized spacial score (nSPS) is 22.9. The van der Waals surface area contributed by atoms with E-state index in [2.05, 4.69) is 28.4 Å². The third-order valence-electron chi connectivity index (χ3n) is 7.13. The number of piperidine rings is 1. The average molecular weight is 369 g/mol. The van der Waals surface area contributed by atoms with E-state index in [1.165, 1.54) is 88.5 Å². The van der Waals surface area contributed by atoms with Crippen molar-refractivity contribution in [3.63, 3.8) is 0 Å². The molecule has 4 rings (SSSR count). The van der Waals surface area contributed by atoms with Crippen LogP contribution in [0.1, 0.15) is 75.3 Å². The smallest absolute Gasteiger partial charge is 0.224 e. The van der Waals surface area contributed by atoms with Crippen LogP contribution in [0.25, 0.3) is 0 Å². The Hall–Kier alpha value is -1.35. The van der Waals surface area contributed by atoms with E-state index in [-0.39, 0.29) is 5.91 Å². The Morgan fingerprint density at radius 3 is 2.44 bits per heavy atom. The second-order valence-corrected chi connectivity index (χ2v) is 9.17. The van der Waals surface area contributed by atoms with Gasteiger partial charge in [-0.1, -0.05) is 50.7 Å². The summed E-state index contributed by atoms with van der Waals surface area (Å²) in [6.45, 7) is 3.76. The largest absolute Gasteiger partial charge is 0.326 e. The number of hydrogen-bond donors (Lipinski definition) is 1. The van der Waals surface area contributed by atoms with E-state index in [4.69, 9.17) is 0 Å². The molecular formula is C24H36N2O. The topological polar surface area (TPSA) is 32.3 Å². The van der Waals surface area contributed by atoms with Crippen LogP contribution >= 0.6 is 0 Å². The van der Waals surface area contributed by atoms with Crippen molar-refractivity contribution in [1.82, 2.24) is 4.90 Å². The number of benzene rings is 1. The molecule has 148 valence electrons. The summed E-state index contributed by atoms with van der Waals surface area (Å²) in [6, 6.07) is 6.61. The first-order valence-corrected chi connectivity index (χ1v) is 11.4. The molecule has 2 aliphatic heterocycles. The number of amides is 1. The summed E-state index contributed by atoms with van der Waals surface area (Å²) in [5.41, 5.74) is 3.76. The van der Waals surface area contributed by atoms with Gasteiger partial charge in [-0.25, -0.2) is 0 Å². The highest BCUT2D eigenvalue weighted by Crippen LogP contribution is 2.32. The Kier molecular flexibility index (Phi) is 6.49. The summed E-state index contributed by atoms with van der Waals surface area (Å²) >= 11 is 0. The van der Waals surface area contributed by atoms with Crippen LogP contribution in [0.3, 0.4) is 0 Å². The van der Waals surface area contributed by atoms with E-state index >= 15 is 0 Å². The fraction of sp³-hybridized carbons (Fsp3) is 0.708. The van der Waals surface area contributed by atoms with E-state index in [1.807, 2.05) is 0 Å². The molecule has 1 amide bonds. The molecule has 3 nitrogen and oxygen atoms in total. The van der Waals surface area contributed by atoms with Crippen molar-refractivity contribution in [1.29, 1.82) is 0 Å². The van der Waals surface area contributed by atoms with Crippen molar-refractivity contribution in [2.24, 2.45) is 11.8 Å². The zero-order valence-electron chi connectivity index (χ0n) is 16.8. The fourth-order valence-corrected chi connectivity index (χ4v) is 5.40. The monoisotopic (exact) mass is 368 g/mol. The Morgan fingerprint density at radius 1 is 0.926 bits per heavy atom. The van der Waals surface area contributed by atoms with Crippen LogP contribution in [-0.2, 0) is 17.6 Å². The van der Waals surface area contributed by atoms with Gasteiger partial charge >= 0.3 is 0 Å². The van der Waals surface area contributed by atoms with E-state index < -0.39 is 0 Å². The number of hydrogen-bond acceptors (Lipinski definition) is 2. The van der Waals surface area contributed by atoms with Crippen molar-refractivity contribution in [3.8, 4) is 0 Å². The number of nitrogens with one attached hydrogen (secondary N) is 1. The molecule has 1 aromatic carbocycles. The maximum absolute atomic E-state index is 11.5. The Balaban J connectivity index is 1.20. The maximum Gasteiger partial charge on any atom is 0.224 e. The van der Waals surface area contributed by atoms with Gasteiger partial charge in [-0.3, -0.25) is 4.79 Å². The predicted molar refractivity (Wildman–Crippen MR) is 112 cm³/mol. The SMILES string of the molecule is O=C1CCc2cc(CCN3CCC(CC4CCCCCC4)CC3)ccc2N1. The summed E-state index contributed by atoms with van der Waals surface area (Å²) in [4.78, 5) is 14.2. The van der Waals surface area contributed by atoms with E-state index in [0.717, 1.165) is 30.4 Å². The van der Waals surface area contributed by atoms with Crippen LogP contribution in [-0.4, -0.2) is 30.4 Å². The van der Waals surface area contributed by atoms with Crippen molar-refractivity contribution < 1.29 is 4.79 Å². The highest BCUT2D eigenvalue weighted by atomic mass is 16.1. The highest BCUT2D eigenvalue weighted by molar-refractivity contribution is 5.93. The van der Waals surface area contributed by atoms with Gasteiger partial charge in [-0.15, -0.1) is 0 Å². The molecule has 0 radical (unpaired) electrons. The first-order valence-electron chi connectivity index (χ1n) is 11.4. The van der Waals surface area contributed by atoms with Crippen LogP contribution in [0.2, 0.25) is 0 Å². The molecule has 1 saturated heterocycles. The van der Waals surface area contributed by atoms with Gasteiger partial charge in [0.15, 0.2) is 0 Å². The van der Waals surface area contributed by atoms with Gasteiger partial charge < -0.3 is 10.2 Å². The highest BCUT2D eigenvalue weighted by Gasteiger charge is 2.23. The minimum atomic E-state index is 0.155. The number of anilines is 1. The fourth-order valence-electron chi connectivity index (χ4n) is 5.40. The number of rotatable bonds is 5. The van der Waals surface area contributed by atoms with Gasteiger partial charge in [0, 0.05) is 18.7 Å². The van der Waals surface area contributed by atoms with Gasteiger partial charge in [-0.2, -0.15) is 0 Å². The second-order valence-electron chi connectivity index (χ2n) is 9.17. The van der Waals surface area contributed by atoms with Gasteiger partial charge in [0.2, 0.25) is 5.91 Å². The van der Waals surface area contributed by atoms with Crippen molar-refractivity contribution >= 4 is 11.6 Å². The predicted octanol–water partition coefficient (Wildman–Crippen LogP) is 5.19. The van der Waals surface area contributed by atoms with E-state index in [0.29, 0.717) is 6.42 Å². The lowest BCUT2D eigenvalue weighted by Crippen LogP contribution is -2.35. The molecule has 1 N–H and O–H groups in total. The van der Waals surface area contributed by atoms with Crippen LogP contribution in [0.4, 0.5) is 5.69 Å². The van der Waals surface area contributed by atoms with Crippen molar-refractivity contribution in [3.05, 3.63) is 29.3 Å². The molecule has 1 saturated carbocycles. The molecule has 1 aromatic rings. The third-order valence-corrected chi connectivity index (χ3v) is 7.13. The number of aryl methyl sites for hydroxylation is 1. The van der Waals surface area contributed by atoms with E-state index in [9.17, 15) is 4.79 Å². The summed E-state index contributed by atoms with van der Waals surface area (Å²) in [7, 11) is 0. The summed E-state index contributed by atoms with van der Waals surface area (Å²) < 4.78 is 0. The van der Waals surface area contributed by atoms with Gasteiger partial charge in [0.1, 0.15) is 0 Å². The lowest BCUT2D eigenvalue weighted by atomic mass is 9.84. The zero-order valence-corrected chi connectivity index (χ0v) is 16.8. The number of fused-ring (bicyclic) bond motifs is 1. The lowest BCUT2D eigenvalue weighted by Gasteiger charge is -2.33. The average Bonchev–Trinajstić information content (AvgIpc) is 2.96. The summed E-state index contributed by atoms with van der Waals surface area (Å²) in [6.07, 6.45) is 15.9. The minimum absolute atomic E-state index is 0.155. The molecule has 0 bridgehead atoms. The van der Waals surface area contributed by atoms with Crippen molar-refractivity contribution in [2.75, 3.05) is 25.0 Å². The van der Waals surface area contributed by atoms with Crippen LogP contribution in [0, 0.1) is 11.8 Å². The second kappa shape index (κ2) is 9.23. The molecule has 0 spiro atoms. The van der Waals surface area contributed by atoms with Gasteiger partial charge in [-0.05, 0) is 74.2 Å². The first-order chi connectivity index (χ1) is 13.3. The Morgan fingerprint density at radius 2 is 1.67 bits per heavy atom. The number of likely N-dealkylation sites (tertiary alicyclic amines) is 1. The number of carbonyl (C=O) groups excluding carboxylic acids is 1. The number of carbonyl (C=O) groups is 1. The molecule has 3 aliphatic rings. The molecule has 1 aliphatic carbocycles. The van der Waals surface area contributed by atoms with Gasteiger partial charge in [0.05, 0.1) is 0 Å². The molecule has 3 heteroatoms. The van der Waals surface area contributed by atoms with Gasteiger partial charge in [0.25, 0.3) is 0 Å². The summed E-state index contributed by atoms with van der Waals surface area (Å²) in [5.74, 6) is 2.17.